The van der Waals surface area contributed by atoms with Crippen molar-refractivity contribution in [2.24, 2.45) is 49.3 Å². The second kappa shape index (κ2) is 26.2. The number of pyridine rings is 14. The zero-order valence-corrected chi connectivity index (χ0v) is 54.6. The van der Waals surface area contributed by atoms with Crippen LogP contribution in [0.5, 0.6) is 0 Å². The number of aromatic nitrogens is 21. The lowest BCUT2D eigenvalue weighted by atomic mass is 10.2. The molecule has 0 unspecified atom stereocenters. The topological polar surface area (TPSA) is 215 Å². The van der Waals surface area contributed by atoms with E-state index in [4.69, 9.17) is 0 Å². The van der Waals surface area contributed by atoms with Crippen LogP contribution < -0.4 is 0 Å². The Bertz CT molecular complexity index is 5000. The van der Waals surface area contributed by atoms with Crippen molar-refractivity contribution in [1.82, 2.24) is 102 Å². The Hall–Kier alpha value is -13.3. The fraction of sp³-hybridized carbons (Fsp3) is 0.0909. The zero-order chi connectivity index (χ0) is 66.8. The summed E-state index contributed by atoms with van der Waals surface area (Å²) in [5.41, 5.74) is 19.0. The van der Waals surface area contributed by atoms with Gasteiger partial charge in [0.1, 0.15) is 11.3 Å². The molecule has 0 saturated heterocycles. The molecule has 0 spiro atoms. The first-order valence-electron chi connectivity index (χ1n) is 31.5. The van der Waals surface area contributed by atoms with Crippen molar-refractivity contribution in [3.8, 4) is 0 Å². The van der Waals surface area contributed by atoms with Gasteiger partial charge in [-0.25, -0.2) is 9.97 Å². The second-order valence-corrected chi connectivity index (χ2v) is 23.3. The van der Waals surface area contributed by atoms with Gasteiger partial charge in [0, 0.05) is 226 Å². The van der Waals surface area contributed by atoms with Gasteiger partial charge in [-0.1, -0.05) is 0 Å². The van der Waals surface area contributed by atoms with Crippen LogP contribution in [0.25, 0.3) is 153 Å². The average molecular weight is 1280 g/mol. The predicted octanol–water partition coefficient (Wildman–Crippen LogP) is 14.9. The van der Waals surface area contributed by atoms with E-state index in [0.29, 0.717) is 0 Å². The summed E-state index contributed by atoms with van der Waals surface area (Å²) in [4.78, 5) is 59.0. The third-order valence-corrected chi connectivity index (χ3v) is 18.0. The summed E-state index contributed by atoms with van der Waals surface area (Å²) >= 11 is 0. The minimum Gasteiger partial charge on any atom is -0.343 e. The Morgan fingerprint density at radius 2 is 0.429 bits per heavy atom. The normalized spacial score (nSPS) is 11.2. The van der Waals surface area contributed by atoms with E-state index in [0.717, 1.165) is 104 Å². The van der Waals surface area contributed by atoms with E-state index in [-0.39, 0.29) is 0 Å². The highest BCUT2D eigenvalue weighted by Gasteiger charge is 2.13. The maximum atomic E-state index is 4.38. The Morgan fingerprint density at radius 1 is 0.173 bits per heavy atom. The summed E-state index contributed by atoms with van der Waals surface area (Å²) in [5.74, 6) is 0. The lowest BCUT2D eigenvalue weighted by molar-refractivity contribution is 0.988. The second-order valence-electron chi connectivity index (χ2n) is 23.3. The molecule has 21 aromatic rings. The van der Waals surface area contributed by atoms with Crippen LogP contribution in [0.4, 0.5) is 0 Å². The predicted molar refractivity (Wildman–Crippen MR) is 392 cm³/mol. The maximum absolute atomic E-state index is 4.38. The molecule has 0 N–H and O–H groups in total. The van der Waals surface area contributed by atoms with Crippen molar-refractivity contribution >= 4 is 153 Å². The molecule has 98 heavy (non-hydrogen) atoms. The molecular weight excluding hydrogens is 1220 g/mol. The van der Waals surface area contributed by atoms with E-state index in [1.54, 1.807) is 24.8 Å². The molecule has 0 aromatic carbocycles. The summed E-state index contributed by atoms with van der Waals surface area (Å²) in [7, 11) is 14.3. The molecule has 0 amide bonds. The first-order valence-corrected chi connectivity index (χ1v) is 31.5. The molecule has 21 heteroatoms. The van der Waals surface area contributed by atoms with Crippen molar-refractivity contribution < 1.29 is 0 Å². The Balaban J connectivity index is 0.0000000933. The summed E-state index contributed by atoms with van der Waals surface area (Å²) in [6.45, 7) is 0. The van der Waals surface area contributed by atoms with E-state index >= 15 is 0 Å². The molecular formula is C77H63N21. The van der Waals surface area contributed by atoms with Crippen LogP contribution in [0, 0.1) is 0 Å². The zero-order valence-electron chi connectivity index (χ0n) is 54.6. The van der Waals surface area contributed by atoms with Gasteiger partial charge in [-0.3, -0.25) is 59.8 Å². The van der Waals surface area contributed by atoms with Gasteiger partial charge in [0.25, 0.3) is 0 Å². The van der Waals surface area contributed by atoms with Crippen LogP contribution in [-0.4, -0.2) is 102 Å². The fourth-order valence-corrected chi connectivity index (χ4v) is 13.1. The highest BCUT2D eigenvalue weighted by Crippen LogP contribution is 2.31. The molecule has 0 fully saturated rings. The number of rotatable bonds is 0. The first-order chi connectivity index (χ1) is 48.1. The third-order valence-electron chi connectivity index (χ3n) is 18.0. The molecule has 0 bridgehead atoms. The van der Waals surface area contributed by atoms with E-state index in [1.165, 1.54) is 49.1 Å². The van der Waals surface area contributed by atoms with Crippen molar-refractivity contribution in [2.45, 2.75) is 0 Å². The largest absolute Gasteiger partial charge is 0.343 e. The summed E-state index contributed by atoms with van der Waals surface area (Å²) in [6.07, 6.45) is 42.3. The van der Waals surface area contributed by atoms with E-state index in [9.17, 15) is 0 Å². The van der Waals surface area contributed by atoms with Gasteiger partial charge >= 0.3 is 0 Å². The van der Waals surface area contributed by atoms with Crippen LogP contribution >= 0.6 is 0 Å². The Morgan fingerprint density at radius 3 is 0.908 bits per heavy atom. The van der Waals surface area contributed by atoms with E-state index < -0.39 is 0 Å². The van der Waals surface area contributed by atoms with Gasteiger partial charge in [-0.05, 0) is 115 Å². The van der Waals surface area contributed by atoms with Crippen LogP contribution in [-0.2, 0) is 49.3 Å². The lowest BCUT2D eigenvalue weighted by Crippen LogP contribution is -1.88. The standard InChI is InChI=1S/7C11H9N3/c1-14-10-2-4-12-6-8(10)9-7-13-5-3-11(9)14;1-14-10-3-5-12-6-9(10)8-2-4-13-7-11(8)14;1-14-10-6-12-4-2-8(10)9-3-5-13-7-11(9)14;1-14-9-5-3-6-12-10(9)8-4-2-7-13-11(8)14;1-14-9-4-6-12-7-8(9)11-10(14)3-2-5-13-11;1-14-9-3-2-5-13-11(9)8-4-6-12-7-10(8)14;1-14-10-4-6-12-7-9(10)8-3-2-5-13-11(8)14/h7*2-7H,1H3. The third kappa shape index (κ3) is 10.9. The molecule has 476 valence electrons. The van der Waals surface area contributed by atoms with E-state index in [1.807, 2.05) is 245 Å². The molecule has 21 nitrogen and oxygen atoms in total. The quantitative estimate of drug-likeness (QED) is 0.138. The molecule has 21 rings (SSSR count). The molecule has 0 aliphatic carbocycles. The van der Waals surface area contributed by atoms with Crippen molar-refractivity contribution in [3.63, 3.8) is 0 Å². The number of fused-ring (bicyclic) bond motifs is 21. The van der Waals surface area contributed by atoms with E-state index in [2.05, 4.69) is 139 Å². The van der Waals surface area contributed by atoms with Crippen LogP contribution in [0.3, 0.4) is 0 Å². The maximum Gasteiger partial charge on any atom is 0.142 e. The highest BCUT2D eigenvalue weighted by atomic mass is 15.0. The van der Waals surface area contributed by atoms with Crippen molar-refractivity contribution in [3.05, 3.63) is 258 Å². The monoisotopic (exact) mass is 1280 g/mol. The smallest absolute Gasteiger partial charge is 0.142 e. The summed E-state index contributed by atoms with van der Waals surface area (Å²) in [5, 5.41) is 12.9. The van der Waals surface area contributed by atoms with Gasteiger partial charge in [-0.2, -0.15) is 0 Å². The molecule has 0 radical (unpaired) electrons. The number of nitrogens with zero attached hydrogens (tertiary/aromatic N) is 21. The highest BCUT2D eigenvalue weighted by molar-refractivity contribution is 6.11. The van der Waals surface area contributed by atoms with Gasteiger partial charge in [-0.15, -0.1) is 0 Å². The SMILES string of the molecule is Cn1c2cccnc2c2cccnc21.Cn1c2ccncc2c2cccnc21.Cn1c2ccncc2c2ccncc21.Cn1c2ccncc2c2cnccc21.Cn1c2ccncc2c2ncccc21.Cn1c2cnccc2c2ccncc21.Cn1c2cnccc2c2ncccc21. The number of aryl methyl sites for hydroxylation is 7. The molecule has 21 heterocycles. The van der Waals surface area contributed by atoms with Crippen LogP contribution in [0.1, 0.15) is 0 Å². The van der Waals surface area contributed by atoms with Gasteiger partial charge in [0.15, 0.2) is 0 Å². The van der Waals surface area contributed by atoms with Crippen LogP contribution in [0.2, 0.25) is 0 Å². The molecule has 0 aliphatic rings. The molecule has 0 atom stereocenters. The fourth-order valence-electron chi connectivity index (χ4n) is 13.1. The summed E-state index contributed by atoms with van der Waals surface area (Å²) in [6, 6.07) is 38.3. The van der Waals surface area contributed by atoms with Crippen molar-refractivity contribution in [1.29, 1.82) is 0 Å². The molecule has 21 aromatic heterocycles. The first kappa shape index (κ1) is 60.9. The van der Waals surface area contributed by atoms with Crippen LogP contribution in [0.15, 0.2) is 258 Å². The summed E-state index contributed by atoms with van der Waals surface area (Å²) < 4.78 is 14.8. The minimum atomic E-state index is 0.987. The van der Waals surface area contributed by atoms with Gasteiger partial charge in [0.2, 0.25) is 0 Å². The minimum absolute atomic E-state index is 0.987. The van der Waals surface area contributed by atoms with Gasteiger partial charge in [0.05, 0.1) is 108 Å². The van der Waals surface area contributed by atoms with Gasteiger partial charge < -0.3 is 32.0 Å². The number of hydrogen-bond acceptors (Lipinski definition) is 14. The average Bonchev–Trinajstić information content (AvgIpc) is 1.71. The molecule has 0 aliphatic heterocycles. The van der Waals surface area contributed by atoms with Crippen molar-refractivity contribution in [2.75, 3.05) is 0 Å². The molecule has 0 saturated carbocycles. The lowest BCUT2D eigenvalue weighted by Gasteiger charge is -1.95. The Kier molecular flexibility index (Phi) is 16.3. The Labute approximate surface area is 559 Å². The number of hydrogen-bond donors (Lipinski definition) is 0.